The van der Waals surface area contributed by atoms with Gasteiger partial charge in [-0.05, 0) is 55.8 Å². The molecule has 0 radical (unpaired) electrons. The maximum Gasteiger partial charge on any atom is 0.127 e. The predicted octanol–water partition coefficient (Wildman–Crippen LogP) is 4.72. The van der Waals surface area contributed by atoms with Crippen molar-refractivity contribution < 1.29 is 4.39 Å². The van der Waals surface area contributed by atoms with E-state index in [-0.39, 0.29) is 11.9 Å². The number of aryl methyl sites for hydroxylation is 2. The van der Waals surface area contributed by atoms with Gasteiger partial charge in [0, 0.05) is 14.8 Å². The maximum atomic E-state index is 13.5. The molecule has 1 heterocycles. The molecule has 2 aromatic rings. The van der Waals surface area contributed by atoms with E-state index in [1.165, 1.54) is 15.8 Å². The SMILES string of the molecule is CCc1ccc(C(NC)c2cc(C)c(F)cc2Cl)s1. The van der Waals surface area contributed by atoms with E-state index in [0.29, 0.717) is 10.6 Å². The van der Waals surface area contributed by atoms with Crippen molar-refractivity contribution in [2.75, 3.05) is 7.05 Å². The molecule has 0 saturated carbocycles. The molecule has 0 fully saturated rings. The molecule has 0 aliphatic heterocycles. The first-order valence-electron chi connectivity index (χ1n) is 6.28. The third kappa shape index (κ3) is 2.99. The van der Waals surface area contributed by atoms with Crippen molar-refractivity contribution in [3.8, 4) is 0 Å². The van der Waals surface area contributed by atoms with Gasteiger partial charge in [0.1, 0.15) is 5.82 Å². The molecule has 1 N–H and O–H groups in total. The average Bonchev–Trinajstić information content (AvgIpc) is 2.85. The van der Waals surface area contributed by atoms with Crippen LogP contribution < -0.4 is 5.32 Å². The van der Waals surface area contributed by atoms with E-state index in [9.17, 15) is 4.39 Å². The van der Waals surface area contributed by atoms with E-state index in [1.54, 1.807) is 18.3 Å². The highest BCUT2D eigenvalue weighted by Crippen LogP contribution is 2.33. The second kappa shape index (κ2) is 6.04. The van der Waals surface area contributed by atoms with Crippen LogP contribution in [0.25, 0.3) is 0 Å². The summed E-state index contributed by atoms with van der Waals surface area (Å²) >= 11 is 7.95. The summed E-state index contributed by atoms with van der Waals surface area (Å²) in [4.78, 5) is 2.54. The monoisotopic (exact) mass is 297 g/mol. The number of hydrogen-bond acceptors (Lipinski definition) is 2. The molecule has 1 unspecified atom stereocenters. The summed E-state index contributed by atoms with van der Waals surface area (Å²) in [7, 11) is 1.89. The molecule has 0 amide bonds. The molecule has 0 spiro atoms. The second-order valence-electron chi connectivity index (χ2n) is 4.50. The number of rotatable bonds is 4. The van der Waals surface area contributed by atoms with Crippen LogP contribution in [-0.2, 0) is 6.42 Å². The molecule has 1 aromatic heterocycles. The minimum Gasteiger partial charge on any atom is -0.309 e. The standard InChI is InChI=1S/C15H17ClFNS/c1-4-10-5-6-14(19-10)15(18-3)11-7-9(2)13(17)8-12(11)16/h5-8,15,18H,4H2,1-3H3. The number of benzene rings is 1. The predicted molar refractivity (Wildman–Crippen MR) is 80.7 cm³/mol. The fourth-order valence-electron chi connectivity index (χ4n) is 2.09. The van der Waals surface area contributed by atoms with Gasteiger partial charge in [0.15, 0.2) is 0 Å². The Bertz CT molecular complexity index is 580. The van der Waals surface area contributed by atoms with Gasteiger partial charge in [-0.25, -0.2) is 4.39 Å². The summed E-state index contributed by atoms with van der Waals surface area (Å²) in [5, 5.41) is 3.73. The van der Waals surface area contributed by atoms with E-state index in [1.807, 2.05) is 13.1 Å². The fourth-order valence-corrected chi connectivity index (χ4v) is 3.43. The lowest BCUT2D eigenvalue weighted by atomic mass is 10.0. The van der Waals surface area contributed by atoms with Gasteiger partial charge in [0.05, 0.1) is 6.04 Å². The smallest absolute Gasteiger partial charge is 0.127 e. The molecule has 1 nitrogen and oxygen atoms in total. The zero-order valence-corrected chi connectivity index (χ0v) is 12.8. The van der Waals surface area contributed by atoms with Crippen LogP contribution >= 0.6 is 22.9 Å². The molecule has 0 saturated heterocycles. The summed E-state index contributed by atoms with van der Waals surface area (Å²) in [6.45, 7) is 3.90. The number of nitrogens with one attached hydrogen (secondary N) is 1. The highest BCUT2D eigenvalue weighted by molar-refractivity contribution is 7.12. The van der Waals surface area contributed by atoms with Crippen LogP contribution in [0.3, 0.4) is 0 Å². The van der Waals surface area contributed by atoms with E-state index < -0.39 is 0 Å². The number of hydrogen-bond donors (Lipinski definition) is 1. The molecule has 1 atom stereocenters. The van der Waals surface area contributed by atoms with Crippen LogP contribution in [0.2, 0.25) is 5.02 Å². The third-order valence-corrected chi connectivity index (χ3v) is 4.81. The largest absolute Gasteiger partial charge is 0.309 e. The lowest BCUT2D eigenvalue weighted by Gasteiger charge is -2.17. The summed E-state index contributed by atoms with van der Waals surface area (Å²) in [5.74, 6) is -0.260. The number of thiophene rings is 1. The van der Waals surface area contributed by atoms with E-state index in [0.717, 1.165) is 12.0 Å². The Kier molecular flexibility index (Phi) is 4.61. The molecule has 19 heavy (non-hydrogen) atoms. The molecule has 4 heteroatoms. The Morgan fingerprint density at radius 1 is 1.37 bits per heavy atom. The van der Waals surface area contributed by atoms with Crippen molar-refractivity contribution in [3.05, 3.63) is 56.0 Å². The quantitative estimate of drug-likeness (QED) is 0.861. The topological polar surface area (TPSA) is 12.0 Å². The first-order chi connectivity index (χ1) is 9.06. The fraction of sp³-hybridized carbons (Fsp3) is 0.333. The Morgan fingerprint density at radius 2 is 2.11 bits per heavy atom. The first kappa shape index (κ1) is 14.5. The Hall–Kier alpha value is -0.900. The minimum absolute atomic E-state index is 0.0112. The van der Waals surface area contributed by atoms with Gasteiger partial charge in [0.2, 0.25) is 0 Å². The lowest BCUT2D eigenvalue weighted by Crippen LogP contribution is -2.17. The highest BCUT2D eigenvalue weighted by Gasteiger charge is 2.18. The van der Waals surface area contributed by atoms with Crippen molar-refractivity contribution in [1.82, 2.24) is 5.32 Å². The second-order valence-corrected chi connectivity index (χ2v) is 6.11. The normalized spacial score (nSPS) is 12.7. The van der Waals surface area contributed by atoms with Crippen LogP contribution in [0.4, 0.5) is 4.39 Å². The van der Waals surface area contributed by atoms with Crippen LogP contribution in [0.5, 0.6) is 0 Å². The van der Waals surface area contributed by atoms with Crippen LogP contribution in [0.15, 0.2) is 24.3 Å². The van der Waals surface area contributed by atoms with Gasteiger partial charge in [-0.2, -0.15) is 0 Å². The van der Waals surface area contributed by atoms with Gasteiger partial charge in [-0.1, -0.05) is 18.5 Å². The molecule has 0 bridgehead atoms. The zero-order chi connectivity index (χ0) is 14.0. The van der Waals surface area contributed by atoms with Crippen LogP contribution in [-0.4, -0.2) is 7.05 Å². The Labute approximate surface area is 122 Å². The number of halogens is 2. The summed E-state index contributed by atoms with van der Waals surface area (Å²) in [5.41, 5.74) is 1.54. The highest BCUT2D eigenvalue weighted by atomic mass is 35.5. The summed E-state index contributed by atoms with van der Waals surface area (Å²) < 4.78 is 13.5. The van der Waals surface area contributed by atoms with Crippen LogP contribution in [0.1, 0.15) is 33.8 Å². The lowest BCUT2D eigenvalue weighted by molar-refractivity contribution is 0.614. The van der Waals surface area contributed by atoms with Gasteiger partial charge < -0.3 is 5.32 Å². The van der Waals surface area contributed by atoms with Crippen molar-refractivity contribution >= 4 is 22.9 Å². The molecular formula is C15H17ClFNS. The van der Waals surface area contributed by atoms with Gasteiger partial charge >= 0.3 is 0 Å². The first-order valence-corrected chi connectivity index (χ1v) is 7.47. The van der Waals surface area contributed by atoms with Gasteiger partial charge in [-0.15, -0.1) is 11.3 Å². The summed E-state index contributed by atoms with van der Waals surface area (Å²) in [6, 6.07) is 7.47. The van der Waals surface area contributed by atoms with Crippen molar-refractivity contribution in [3.63, 3.8) is 0 Å². The summed E-state index contributed by atoms with van der Waals surface area (Å²) in [6.07, 6.45) is 1.03. The van der Waals surface area contributed by atoms with E-state index >= 15 is 0 Å². The van der Waals surface area contributed by atoms with E-state index in [4.69, 9.17) is 11.6 Å². The van der Waals surface area contributed by atoms with Crippen molar-refractivity contribution in [2.45, 2.75) is 26.3 Å². The van der Waals surface area contributed by atoms with Crippen molar-refractivity contribution in [1.29, 1.82) is 0 Å². The molecule has 0 aliphatic carbocycles. The Balaban J connectivity index is 2.44. The molecule has 2 rings (SSSR count). The van der Waals surface area contributed by atoms with Gasteiger partial charge in [0.25, 0.3) is 0 Å². The van der Waals surface area contributed by atoms with E-state index in [2.05, 4.69) is 24.4 Å². The molecule has 0 aliphatic rings. The zero-order valence-electron chi connectivity index (χ0n) is 11.3. The molecular weight excluding hydrogens is 281 g/mol. The van der Waals surface area contributed by atoms with Crippen LogP contribution in [0, 0.1) is 12.7 Å². The minimum atomic E-state index is -0.260. The average molecular weight is 298 g/mol. The molecule has 102 valence electrons. The molecule has 1 aromatic carbocycles. The van der Waals surface area contributed by atoms with Crippen molar-refractivity contribution in [2.24, 2.45) is 0 Å². The third-order valence-electron chi connectivity index (χ3n) is 3.19. The Morgan fingerprint density at radius 3 is 2.68 bits per heavy atom. The van der Waals surface area contributed by atoms with Gasteiger partial charge in [-0.3, -0.25) is 0 Å². The maximum absolute atomic E-state index is 13.5.